The molecular weight excluding hydrogens is 703 g/mol. The quantitative estimate of drug-likeness (QED) is 0.181. The molecule has 0 spiro atoms. The summed E-state index contributed by atoms with van der Waals surface area (Å²) in [6.45, 7) is 4.68. The summed E-state index contributed by atoms with van der Waals surface area (Å²) >= 11 is 1.82. The van der Waals surface area contributed by atoms with Crippen molar-refractivity contribution in [2.45, 2.75) is 6.42 Å². The maximum Gasteiger partial charge on any atom is 0.235 e. The van der Waals surface area contributed by atoms with Crippen LogP contribution in [0.2, 0.25) is 0 Å². The van der Waals surface area contributed by atoms with Gasteiger partial charge >= 0.3 is 0 Å². The Morgan fingerprint density at radius 3 is 2.09 bits per heavy atom. The Hall–Kier alpha value is -7.08. The van der Waals surface area contributed by atoms with Crippen LogP contribution >= 0.6 is 11.3 Å². The number of fused-ring (bicyclic) bond motifs is 10. The monoisotopic (exact) mass is 735 g/mol. The first-order valence-electron chi connectivity index (χ1n) is 18.8. The molecule has 5 heteroatoms. The van der Waals surface area contributed by atoms with Gasteiger partial charge in [0.1, 0.15) is 11.3 Å². The number of benzene rings is 6. The molecule has 56 heavy (non-hydrogen) atoms. The molecule has 0 saturated heterocycles. The van der Waals surface area contributed by atoms with Gasteiger partial charge in [0.2, 0.25) is 5.95 Å². The van der Waals surface area contributed by atoms with Gasteiger partial charge in [-0.25, -0.2) is 9.97 Å². The van der Waals surface area contributed by atoms with Crippen molar-refractivity contribution < 1.29 is 4.42 Å². The van der Waals surface area contributed by atoms with Gasteiger partial charge in [-0.3, -0.25) is 4.57 Å². The fourth-order valence-electron chi connectivity index (χ4n) is 8.19. The van der Waals surface area contributed by atoms with Gasteiger partial charge in [-0.05, 0) is 65.6 Å². The number of nitrogens with zero attached hydrogens (tertiary/aromatic N) is 3. The first kappa shape index (κ1) is 32.4. The van der Waals surface area contributed by atoms with Gasteiger partial charge in [0, 0.05) is 53.2 Å². The van der Waals surface area contributed by atoms with Crippen LogP contribution in [0.1, 0.15) is 11.1 Å². The molecule has 1 aliphatic rings. The van der Waals surface area contributed by atoms with Gasteiger partial charge in [0.05, 0.1) is 16.9 Å². The number of hydrogen-bond acceptors (Lipinski definition) is 4. The molecule has 0 radical (unpaired) electrons. The Labute approximate surface area is 327 Å². The zero-order valence-corrected chi connectivity index (χ0v) is 31.1. The van der Waals surface area contributed by atoms with E-state index < -0.39 is 0 Å². The lowest BCUT2D eigenvalue weighted by molar-refractivity contribution is 0.622. The molecule has 11 rings (SSSR count). The van der Waals surface area contributed by atoms with Crippen LogP contribution in [0.15, 0.2) is 187 Å². The van der Waals surface area contributed by atoms with Crippen LogP contribution < -0.4 is 0 Å². The molecule has 0 amide bonds. The van der Waals surface area contributed by atoms with Crippen LogP contribution in [-0.2, 0) is 6.42 Å². The van der Waals surface area contributed by atoms with Gasteiger partial charge in [0.25, 0.3) is 0 Å². The maximum atomic E-state index is 6.94. The van der Waals surface area contributed by atoms with E-state index in [4.69, 9.17) is 14.4 Å². The number of thiophene rings is 1. The third-order valence-corrected chi connectivity index (χ3v) is 12.0. The van der Waals surface area contributed by atoms with Crippen LogP contribution in [0.4, 0.5) is 0 Å². The molecule has 264 valence electrons. The van der Waals surface area contributed by atoms with Gasteiger partial charge in [-0.1, -0.05) is 140 Å². The Balaban J connectivity index is 1.25. The Morgan fingerprint density at radius 1 is 0.571 bits per heavy atom. The fraction of sp³-hybridized carbons (Fsp3) is 0.0196. The second-order valence-corrected chi connectivity index (χ2v) is 15.3. The topological polar surface area (TPSA) is 43.9 Å². The van der Waals surface area contributed by atoms with E-state index in [-0.39, 0.29) is 0 Å². The minimum atomic E-state index is 0.561. The fourth-order valence-corrected chi connectivity index (χ4v) is 9.27. The highest BCUT2D eigenvalue weighted by Crippen LogP contribution is 2.46. The molecule has 4 heterocycles. The molecule has 0 atom stereocenters. The number of para-hydroxylation sites is 1. The van der Waals surface area contributed by atoms with Crippen LogP contribution in [0.5, 0.6) is 0 Å². The first-order valence-corrected chi connectivity index (χ1v) is 19.6. The van der Waals surface area contributed by atoms with Gasteiger partial charge in [-0.2, -0.15) is 0 Å². The van der Waals surface area contributed by atoms with Crippen LogP contribution in [0, 0.1) is 0 Å². The molecular formula is C51H33N3OS. The van der Waals surface area contributed by atoms with Gasteiger partial charge in [0.15, 0.2) is 5.76 Å². The number of aromatic nitrogens is 3. The summed E-state index contributed by atoms with van der Waals surface area (Å²) in [6.07, 6.45) is 9.16. The molecule has 0 saturated carbocycles. The van der Waals surface area contributed by atoms with Crippen molar-refractivity contribution in [2.75, 3.05) is 0 Å². The van der Waals surface area contributed by atoms with Crippen molar-refractivity contribution in [3.05, 3.63) is 194 Å². The van der Waals surface area contributed by atoms with Crippen molar-refractivity contribution in [3.63, 3.8) is 0 Å². The third-order valence-electron chi connectivity index (χ3n) is 10.8. The normalized spacial score (nSPS) is 14.0. The number of furan rings is 1. The molecule has 0 N–H and O–H groups in total. The first-order chi connectivity index (χ1) is 27.7. The van der Waals surface area contributed by atoms with E-state index in [2.05, 4.69) is 169 Å². The predicted octanol–water partition coefficient (Wildman–Crippen LogP) is 13.9. The van der Waals surface area contributed by atoms with Gasteiger partial charge < -0.3 is 4.42 Å². The zero-order valence-electron chi connectivity index (χ0n) is 30.3. The van der Waals surface area contributed by atoms with Crippen molar-refractivity contribution in [1.82, 2.24) is 14.5 Å². The van der Waals surface area contributed by atoms with Crippen LogP contribution in [-0.4, -0.2) is 14.5 Å². The second-order valence-electron chi connectivity index (χ2n) is 14.2. The average Bonchev–Trinajstić information content (AvgIpc) is 3.93. The van der Waals surface area contributed by atoms with E-state index in [1.807, 2.05) is 29.5 Å². The Bertz CT molecular complexity index is 3230. The van der Waals surface area contributed by atoms with Crippen LogP contribution in [0.25, 0.3) is 98.7 Å². The SMILES string of the molecule is C=C1/C=C\C=C/Cc2c(oc3ccccc23)-c2c1c1cc(-c3ccccc3)ccc1n2-c1nc(-c2ccccc2)cc(-c2ccc3sc4ccccc4c3c2)n1. The molecule has 10 aromatic rings. The Kier molecular flexibility index (Phi) is 7.54. The number of hydrogen-bond donors (Lipinski definition) is 0. The Morgan fingerprint density at radius 2 is 1.25 bits per heavy atom. The molecule has 4 nitrogen and oxygen atoms in total. The van der Waals surface area contributed by atoms with E-state index in [0.717, 1.165) is 83.7 Å². The smallest absolute Gasteiger partial charge is 0.235 e. The number of allylic oxidation sites excluding steroid dienone is 5. The summed E-state index contributed by atoms with van der Waals surface area (Å²) in [4.78, 5) is 10.9. The summed E-state index contributed by atoms with van der Waals surface area (Å²) in [5.41, 5.74) is 11.7. The lowest BCUT2D eigenvalue weighted by Crippen LogP contribution is -2.06. The lowest BCUT2D eigenvalue weighted by atomic mass is 9.96. The standard InChI is InChI=1S/C51H33N3OS/c1-32-15-5-2-10-22-39-37-20-11-13-23-45(37)55-50(39)49-48(32)41-29-35(33-16-6-3-7-17-33)25-27-44(41)54(49)51-52-42(34-18-8-4-9-19-34)31-43(53-51)36-26-28-47-40(30-36)38-21-12-14-24-46(38)56-47/h2-21,23-31H,1,22H2/b10-2-,15-5-. The zero-order chi connectivity index (χ0) is 37.2. The summed E-state index contributed by atoms with van der Waals surface area (Å²) in [7, 11) is 0. The van der Waals surface area contributed by atoms with Gasteiger partial charge in [-0.15, -0.1) is 11.3 Å². The highest BCUT2D eigenvalue weighted by Gasteiger charge is 2.29. The van der Waals surface area contributed by atoms with E-state index in [1.54, 1.807) is 0 Å². The second kappa shape index (κ2) is 13.0. The molecule has 0 fully saturated rings. The molecule has 0 bridgehead atoms. The van der Waals surface area contributed by atoms with E-state index in [0.29, 0.717) is 12.4 Å². The third kappa shape index (κ3) is 5.28. The van der Waals surface area contributed by atoms with Crippen molar-refractivity contribution in [3.8, 4) is 51.0 Å². The van der Waals surface area contributed by atoms with E-state index in [1.165, 1.54) is 20.2 Å². The van der Waals surface area contributed by atoms with E-state index in [9.17, 15) is 0 Å². The summed E-state index contributed by atoms with van der Waals surface area (Å²) in [5, 5.41) is 4.62. The van der Waals surface area contributed by atoms with E-state index >= 15 is 0 Å². The maximum absolute atomic E-state index is 6.94. The molecule has 0 aliphatic heterocycles. The van der Waals surface area contributed by atoms with Crippen molar-refractivity contribution in [2.24, 2.45) is 0 Å². The van der Waals surface area contributed by atoms with Crippen LogP contribution in [0.3, 0.4) is 0 Å². The van der Waals surface area contributed by atoms with Crippen molar-refractivity contribution in [1.29, 1.82) is 0 Å². The summed E-state index contributed by atoms with van der Waals surface area (Å²) in [5.74, 6) is 1.35. The highest BCUT2D eigenvalue weighted by molar-refractivity contribution is 7.25. The summed E-state index contributed by atoms with van der Waals surface area (Å²) in [6, 6.07) is 53.3. The molecule has 4 aromatic heterocycles. The largest absolute Gasteiger partial charge is 0.454 e. The minimum absolute atomic E-state index is 0.561. The predicted molar refractivity (Wildman–Crippen MR) is 234 cm³/mol. The minimum Gasteiger partial charge on any atom is -0.454 e. The average molecular weight is 736 g/mol. The highest BCUT2D eigenvalue weighted by atomic mass is 32.1. The van der Waals surface area contributed by atoms with Crippen molar-refractivity contribution >= 4 is 59.0 Å². The summed E-state index contributed by atoms with van der Waals surface area (Å²) < 4.78 is 11.7. The lowest BCUT2D eigenvalue weighted by Gasteiger charge is -2.14. The molecule has 0 unspecified atom stereocenters. The molecule has 6 aromatic carbocycles. The molecule has 1 aliphatic carbocycles. The number of rotatable bonds is 4.